The molecule has 222 valence electrons. The topological polar surface area (TPSA) is 43.0 Å². The molecule has 0 atom stereocenters. The largest absolute Gasteiger partial charge is 0.440 e. The van der Waals surface area contributed by atoms with Gasteiger partial charge in [-0.2, -0.15) is 4.57 Å². The molecule has 2 aromatic heterocycles. The zero-order chi connectivity index (χ0) is 28.4. The third-order valence-corrected chi connectivity index (χ3v) is 8.26. The molecular weight excluding hydrogens is 504 g/mol. The molecule has 2 aromatic carbocycles. The van der Waals surface area contributed by atoms with Gasteiger partial charge in [0.2, 0.25) is 5.58 Å². The number of aromatic nitrogens is 2. The Morgan fingerprint density at radius 3 is 1.76 bits per heavy atom. The minimum atomic E-state index is 0.644. The zero-order valence-electron chi connectivity index (χ0n) is 25.6. The minimum Gasteiger partial charge on any atom is -0.440 e. The van der Waals surface area contributed by atoms with Crippen molar-refractivity contribution < 1.29 is 13.4 Å². The maximum Gasteiger partial charge on any atom is 0.373 e. The minimum absolute atomic E-state index is 0.644. The van der Waals surface area contributed by atoms with Crippen LogP contribution in [0.4, 0.5) is 0 Å². The first-order valence-electron chi connectivity index (χ1n) is 16.8. The van der Waals surface area contributed by atoms with E-state index in [0.717, 1.165) is 35.0 Å². The normalized spacial score (nSPS) is 11.9. The first-order valence-corrected chi connectivity index (χ1v) is 16.8. The molecule has 0 aliphatic heterocycles. The van der Waals surface area contributed by atoms with E-state index in [1.54, 1.807) is 0 Å². The summed E-state index contributed by atoms with van der Waals surface area (Å²) in [5.74, 6) is 1.63. The summed E-state index contributed by atoms with van der Waals surface area (Å²) in [6, 6.07) is 16.3. The monoisotopic (exact) mass is 557 g/mol. The molecule has 0 saturated carbocycles. The molecule has 0 aliphatic rings. The lowest BCUT2D eigenvalue weighted by Crippen LogP contribution is -2.35. The van der Waals surface area contributed by atoms with Crippen LogP contribution in [0.1, 0.15) is 134 Å². The third kappa shape index (κ3) is 10.8. The molecule has 0 amide bonds. The molecule has 0 unspecified atom stereocenters. The van der Waals surface area contributed by atoms with Crippen molar-refractivity contribution in [3.63, 3.8) is 0 Å². The summed E-state index contributed by atoms with van der Waals surface area (Å²) in [5.41, 5.74) is 3.85. The van der Waals surface area contributed by atoms with Gasteiger partial charge in [-0.05, 0) is 24.6 Å². The molecule has 2 heterocycles. The van der Waals surface area contributed by atoms with E-state index in [9.17, 15) is 0 Å². The second kappa shape index (κ2) is 18.5. The van der Waals surface area contributed by atoms with Gasteiger partial charge in [-0.3, -0.25) is 0 Å². The number of nitrogens with zero attached hydrogens (tertiary/aromatic N) is 2. The predicted molar refractivity (Wildman–Crippen MR) is 172 cm³/mol. The van der Waals surface area contributed by atoms with Gasteiger partial charge in [-0.1, -0.05) is 140 Å². The smallest absolute Gasteiger partial charge is 0.373 e. The number of unbranched alkanes of at least 4 members (excludes halogenated alkanes) is 17. The molecule has 4 nitrogen and oxygen atoms in total. The number of hydrogen-bond acceptors (Lipinski definition) is 3. The third-order valence-electron chi connectivity index (χ3n) is 8.26. The lowest BCUT2D eigenvalue weighted by Gasteiger charge is -2.03. The van der Waals surface area contributed by atoms with E-state index in [4.69, 9.17) is 8.83 Å². The molecule has 0 radical (unpaired) electrons. The Kier molecular flexibility index (Phi) is 14.0. The molecule has 0 bridgehead atoms. The van der Waals surface area contributed by atoms with Crippen molar-refractivity contribution in [2.45, 2.75) is 135 Å². The standard InChI is InChI=1S/C37H53N2O2/c1-2-3-4-5-6-7-8-9-10-11-12-13-14-15-16-17-18-23-31-39-33-26-20-22-28-35(33)41-37(39)30-24-29-36-38-32-25-19-21-27-34(32)40-36/h19-22,24-28,30H,2-18,23,29,31H2,1H3/q+1. The van der Waals surface area contributed by atoms with Crippen molar-refractivity contribution in [1.82, 2.24) is 4.98 Å². The van der Waals surface area contributed by atoms with Crippen molar-refractivity contribution in [1.29, 1.82) is 0 Å². The fraction of sp³-hybridized carbons (Fsp3) is 0.568. The van der Waals surface area contributed by atoms with Crippen LogP contribution >= 0.6 is 0 Å². The molecule has 4 aromatic rings. The average Bonchev–Trinajstić information content (AvgIpc) is 3.57. The number of oxazole rings is 2. The van der Waals surface area contributed by atoms with Crippen LogP contribution in [0.15, 0.2) is 63.4 Å². The number of benzene rings is 2. The van der Waals surface area contributed by atoms with Gasteiger partial charge in [-0.15, -0.1) is 0 Å². The summed E-state index contributed by atoms with van der Waals surface area (Å²) in [6.07, 6.45) is 30.0. The van der Waals surface area contributed by atoms with Crippen molar-refractivity contribution >= 4 is 28.3 Å². The number of aryl methyl sites for hydroxylation is 1. The van der Waals surface area contributed by atoms with Crippen molar-refractivity contribution in [2.75, 3.05) is 0 Å². The molecule has 0 N–H and O–H groups in total. The first-order chi connectivity index (χ1) is 20.3. The van der Waals surface area contributed by atoms with Gasteiger partial charge >= 0.3 is 5.89 Å². The van der Waals surface area contributed by atoms with Gasteiger partial charge in [0.25, 0.3) is 5.52 Å². The van der Waals surface area contributed by atoms with Gasteiger partial charge in [0.15, 0.2) is 18.0 Å². The van der Waals surface area contributed by atoms with Crippen molar-refractivity contribution in [3.05, 3.63) is 66.4 Å². The van der Waals surface area contributed by atoms with Crippen LogP contribution in [-0.4, -0.2) is 4.98 Å². The number of rotatable bonds is 22. The van der Waals surface area contributed by atoms with Crippen LogP contribution < -0.4 is 4.57 Å². The van der Waals surface area contributed by atoms with E-state index in [1.807, 2.05) is 30.3 Å². The van der Waals surface area contributed by atoms with E-state index in [-0.39, 0.29) is 0 Å². The molecule has 0 saturated heterocycles. The van der Waals surface area contributed by atoms with Crippen LogP contribution in [0.3, 0.4) is 0 Å². The second-order valence-electron chi connectivity index (χ2n) is 11.8. The predicted octanol–water partition coefficient (Wildman–Crippen LogP) is 11.2. The summed E-state index contributed by atoms with van der Waals surface area (Å²) < 4.78 is 14.4. The molecule has 4 rings (SSSR count). The van der Waals surface area contributed by atoms with Gasteiger partial charge in [0.1, 0.15) is 5.52 Å². The van der Waals surface area contributed by atoms with Gasteiger partial charge in [-0.25, -0.2) is 4.98 Å². The Labute approximate surface area is 248 Å². The summed E-state index contributed by atoms with van der Waals surface area (Å²) in [5, 5.41) is 0. The van der Waals surface area contributed by atoms with Crippen LogP contribution in [-0.2, 0) is 13.0 Å². The summed E-state index contributed by atoms with van der Waals surface area (Å²) in [4.78, 5) is 4.58. The Balaban J connectivity index is 1.07. The van der Waals surface area contributed by atoms with Gasteiger partial charge in [0.05, 0.1) is 0 Å². The summed E-state index contributed by atoms with van der Waals surface area (Å²) in [6.45, 7) is 3.28. The first kappa shape index (κ1) is 31.1. The van der Waals surface area contributed by atoms with Crippen LogP contribution in [0.2, 0.25) is 0 Å². The van der Waals surface area contributed by atoms with Crippen LogP contribution in [0, 0.1) is 0 Å². The fourth-order valence-electron chi connectivity index (χ4n) is 5.85. The maximum absolute atomic E-state index is 6.21. The highest BCUT2D eigenvalue weighted by atomic mass is 16.4. The Morgan fingerprint density at radius 1 is 0.610 bits per heavy atom. The molecule has 41 heavy (non-hydrogen) atoms. The van der Waals surface area contributed by atoms with Crippen molar-refractivity contribution in [3.8, 4) is 0 Å². The lowest BCUT2D eigenvalue weighted by atomic mass is 10.0. The van der Waals surface area contributed by atoms with E-state index in [1.165, 1.54) is 121 Å². The second-order valence-corrected chi connectivity index (χ2v) is 11.8. The van der Waals surface area contributed by atoms with Crippen LogP contribution in [0.25, 0.3) is 28.3 Å². The molecule has 0 fully saturated rings. The molecular formula is C37H53N2O2+. The van der Waals surface area contributed by atoms with Gasteiger partial charge in [0, 0.05) is 25.0 Å². The number of hydrogen-bond donors (Lipinski definition) is 0. The molecule has 0 spiro atoms. The SMILES string of the molecule is CCCCCCCCCCCCCCCCCCCC[n+]1c(C=CCc2nc3ccccc3o2)oc2ccccc21. The number of fused-ring (bicyclic) bond motifs is 2. The average molecular weight is 558 g/mol. The highest BCUT2D eigenvalue weighted by Crippen LogP contribution is 2.18. The van der Waals surface area contributed by atoms with E-state index in [2.05, 4.69) is 46.8 Å². The maximum atomic E-state index is 6.21. The highest BCUT2D eigenvalue weighted by molar-refractivity contribution is 5.72. The fourth-order valence-corrected chi connectivity index (χ4v) is 5.85. The summed E-state index contributed by atoms with van der Waals surface area (Å²) in [7, 11) is 0. The summed E-state index contributed by atoms with van der Waals surface area (Å²) >= 11 is 0. The Hall–Kier alpha value is -2.88. The van der Waals surface area contributed by atoms with Gasteiger partial charge < -0.3 is 8.83 Å². The number of para-hydroxylation sites is 4. The zero-order valence-corrected chi connectivity index (χ0v) is 25.6. The molecule has 0 aliphatic carbocycles. The quantitative estimate of drug-likeness (QED) is 0.0713. The van der Waals surface area contributed by atoms with E-state index in [0.29, 0.717) is 6.42 Å². The highest BCUT2D eigenvalue weighted by Gasteiger charge is 2.19. The van der Waals surface area contributed by atoms with Crippen LogP contribution in [0.5, 0.6) is 0 Å². The van der Waals surface area contributed by atoms with E-state index < -0.39 is 0 Å². The molecule has 4 heteroatoms. The van der Waals surface area contributed by atoms with E-state index >= 15 is 0 Å². The Bertz CT molecular complexity index is 1250. The lowest BCUT2D eigenvalue weighted by molar-refractivity contribution is -0.678. The van der Waals surface area contributed by atoms with Crippen molar-refractivity contribution in [2.24, 2.45) is 0 Å². The Morgan fingerprint density at radius 2 is 1.15 bits per heavy atom. The number of allylic oxidation sites excluding steroid dienone is 1.